The number of methoxy groups -OCH3 is 3. The van der Waals surface area contributed by atoms with Gasteiger partial charge in [0.1, 0.15) is 25.1 Å². The number of hydroxylamine groups is 2. The number of benzene rings is 4. The highest BCUT2D eigenvalue weighted by Crippen LogP contribution is 2.35. The zero-order valence-corrected chi connectivity index (χ0v) is 30.0. The van der Waals surface area contributed by atoms with Crippen LogP contribution in [0.15, 0.2) is 97.1 Å². The van der Waals surface area contributed by atoms with E-state index in [1.54, 1.807) is 85.9 Å². The van der Waals surface area contributed by atoms with Gasteiger partial charge in [-0.15, -0.1) is 0 Å². The normalized spacial score (nSPS) is 11.7. The number of carbonyl (C=O) groups is 5. The summed E-state index contributed by atoms with van der Waals surface area (Å²) in [5.74, 6) is -1.72. The highest BCUT2D eigenvalue weighted by molar-refractivity contribution is 6.06. The minimum absolute atomic E-state index is 0.00533. The zero-order valence-electron chi connectivity index (χ0n) is 30.0. The lowest BCUT2D eigenvalue weighted by atomic mass is 10.1. The summed E-state index contributed by atoms with van der Waals surface area (Å²) in [6.07, 6.45) is 0.00533. The summed E-state index contributed by atoms with van der Waals surface area (Å²) in [6.45, 7) is -1.66. The van der Waals surface area contributed by atoms with Crippen LogP contribution in [-0.2, 0) is 30.3 Å². The van der Waals surface area contributed by atoms with E-state index in [1.807, 2.05) is 0 Å². The maximum atomic E-state index is 13.8. The molecule has 0 fully saturated rings. The van der Waals surface area contributed by atoms with Crippen molar-refractivity contribution in [3.63, 3.8) is 0 Å². The molecule has 53 heavy (non-hydrogen) atoms. The van der Waals surface area contributed by atoms with Crippen molar-refractivity contribution in [2.45, 2.75) is 6.42 Å². The number of urea groups is 1. The quantitative estimate of drug-likeness (QED) is 0.0698. The maximum Gasteiger partial charge on any atom is 0.388 e. The number of hydrogen-bond acceptors (Lipinski definition) is 10. The van der Waals surface area contributed by atoms with Gasteiger partial charge in [0.25, 0.3) is 0 Å². The Balaban J connectivity index is 1.55. The van der Waals surface area contributed by atoms with Crippen LogP contribution in [0.2, 0.25) is 0 Å². The predicted octanol–water partition coefficient (Wildman–Crippen LogP) is 4.17. The fourth-order valence-electron chi connectivity index (χ4n) is 5.11. The first-order chi connectivity index (χ1) is 25.4. The Morgan fingerprint density at radius 2 is 1.51 bits per heavy atom. The smallest absolute Gasteiger partial charge is 0.388 e. The summed E-state index contributed by atoms with van der Waals surface area (Å²) < 4.78 is 19.9. The Hall–Kier alpha value is -6.45. The molecular formula is C38H42N5O10+. The molecule has 4 aromatic rings. The highest BCUT2D eigenvalue weighted by atomic mass is 16.6. The van der Waals surface area contributed by atoms with Gasteiger partial charge in [-0.25, -0.2) is 14.8 Å². The molecule has 1 unspecified atom stereocenters. The molecule has 0 bridgehead atoms. The number of nitrogens with zero attached hydrogens (tertiary/aromatic N) is 3. The third-order valence-electron chi connectivity index (χ3n) is 8.12. The Morgan fingerprint density at radius 3 is 2.21 bits per heavy atom. The number of ether oxygens (including phenoxy) is 4. The molecule has 15 nitrogen and oxygen atoms in total. The molecule has 0 heterocycles. The molecule has 5 amide bonds. The van der Waals surface area contributed by atoms with Gasteiger partial charge >= 0.3 is 17.9 Å². The molecule has 1 atom stereocenters. The van der Waals surface area contributed by atoms with Crippen LogP contribution in [0.25, 0.3) is 0 Å². The van der Waals surface area contributed by atoms with Gasteiger partial charge in [0.2, 0.25) is 24.1 Å². The van der Waals surface area contributed by atoms with Crippen LogP contribution in [-0.4, -0.2) is 90.1 Å². The number of hydrogen-bond donors (Lipinski definition) is 3. The molecular weight excluding hydrogens is 686 g/mol. The van der Waals surface area contributed by atoms with Gasteiger partial charge in [-0.1, -0.05) is 47.1 Å². The van der Waals surface area contributed by atoms with Gasteiger partial charge in [0.15, 0.2) is 5.75 Å². The van der Waals surface area contributed by atoms with E-state index in [4.69, 9.17) is 18.9 Å². The Kier molecular flexibility index (Phi) is 13.5. The summed E-state index contributed by atoms with van der Waals surface area (Å²) in [5, 5.41) is 16.4. The lowest BCUT2D eigenvalue weighted by molar-refractivity contribution is -0.158. The van der Waals surface area contributed by atoms with Gasteiger partial charge in [-0.2, -0.15) is 0 Å². The summed E-state index contributed by atoms with van der Waals surface area (Å²) >= 11 is 0. The van der Waals surface area contributed by atoms with E-state index in [2.05, 4.69) is 10.6 Å². The molecule has 0 aliphatic rings. The van der Waals surface area contributed by atoms with Crippen molar-refractivity contribution < 1.29 is 48.1 Å². The van der Waals surface area contributed by atoms with Gasteiger partial charge in [0, 0.05) is 24.5 Å². The monoisotopic (exact) mass is 728 g/mol. The van der Waals surface area contributed by atoms with E-state index >= 15 is 0 Å². The lowest BCUT2D eigenvalue weighted by Crippen LogP contribution is -2.50. The summed E-state index contributed by atoms with van der Waals surface area (Å²) in [4.78, 5) is 67.9. The summed E-state index contributed by atoms with van der Waals surface area (Å²) in [7, 11) is 6.93. The summed E-state index contributed by atoms with van der Waals surface area (Å²) in [6, 6.07) is 25.5. The van der Waals surface area contributed by atoms with Crippen molar-refractivity contribution in [2.75, 3.05) is 70.2 Å². The van der Waals surface area contributed by atoms with Gasteiger partial charge in [-0.05, 0) is 54.1 Å². The van der Waals surface area contributed by atoms with Crippen molar-refractivity contribution in [1.82, 2.24) is 9.96 Å². The molecule has 0 aliphatic heterocycles. The molecule has 0 aromatic heterocycles. The molecule has 3 N–H and O–H groups in total. The number of anilines is 3. The van der Waals surface area contributed by atoms with E-state index in [0.29, 0.717) is 22.7 Å². The fraction of sp³-hybridized carbons (Fsp3) is 0.237. The largest absolute Gasteiger partial charge is 0.497 e. The number of carbonyl (C=O) groups excluding carboxylic acids is 5. The molecule has 0 saturated heterocycles. The number of esters is 1. The number of nitrogens with one attached hydrogen (secondary N) is 2. The molecule has 278 valence electrons. The minimum atomic E-state index is -1.25. The standard InChI is InChI=1S/C38H41N5O10/c1-41(28-14-7-6-8-15-28)35(45)24-42(34(44)23-39-38(48)40-27-13-11-12-26(20-27)21-37(47)52-5)30-16-9-10-17-32(30)53-25-36(46)43(2,49)31-22-29(50-3)18-19-33(31)51-4/h6-20,22,49H,21,23-25H2,1-5H3,(H-,39,40,48)/p+1. The molecule has 0 aliphatic carbocycles. The second kappa shape index (κ2) is 18.2. The minimum Gasteiger partial charge on any atom is -0.497 e. The molecule has 0 radical (unpaired) electrons. The first-order valence-corrected chi connectivity index (χ1v) is 16.3. The number of likely N-dealkylation sites (N-methyl/N-ethyl adjacent to an activating group) is 2. The van der Waals surface area contributed by atoms with Gasteiger partial charge in [0.05, 0.1) is 40.0 Å². The van der Waals surface area contributed by atoms with Crippen molar-refractivity contribution in [3.8, 4) is 17.2 Å². The predicted molar refractivity (Wildman–Crippen MR) is 197 cm³/mol. The SMILES string of the molecule is COC(=O)Cc1cccc(NC(=O)NCC(=O)N(CC(=O)N(C)c2ccccc2)c2ccccc2OCC(=O)[N+](C)(O)c2cc(OC)ccc2OC)c1. The van der Waals surface area contributed by atoms with Crippen LogP contribution >= 0.6 is 0 Å². The van der Waals surface area contributed by atoms with E-state index in [1.165, 1.54) is 51.5 Å². The van der Waals surface area contributed by atoms with Crippen LogP contribution in [0, 0.1) is 0 Å². The second-order valence-electron chi connectivity index (χ2n) is 11.7. The first-order valence-electron chi connectivity index (χ1n) is 16.3. The second-order valence-corrected chi connectivity index (χ2v) is 11.7. The Morgan fingerprint density at radius 1 is 0.792 bits per heavy atom. The van der Waals surface area contributed by atoms with Crippen molar-refractivity contribution in [3.05, 3.63) is 103 Å². The maximum absolute atomic E-state index is 13.8. The number of para-hydroxylation sites is 3. The van der Waals surface area contributed by atoms with Gasteiger partial charge < -0.3 is 34.5 Å². The summed E-state index contributed by atoms with van der Waals surface area (Å²) in [5.41, 5.74) is 1.79. The van der Waals surface area contributed by atoms with E-state index in [-0.39, 0.29) is 29.3 Å². The lowest BCUT2D eigenvalue weighted by Gasteiger charge is -2.28. The van der Waals surface area contributed by atoms with Crippen molar-refractivity contribution in [1.29, 1.82) is 0 Å². The molecule has 0 saturated carbocycles. The van der Waals surface area contributed by atoms with E-state index in [9.17, 15) is 29.2 Å². The van der Waals surface area contributed by atoms with Crippen LogP contribution in [0.5, 0.6) is 17.2 Å². The highest BCUT2D eigenvalue weighted by Gasteiger charge is 2.38. The number of quaternary nitrogens is 1. The topological polar surface area (TPSA) is 173 Å². The fourth-order valence-corrected chi connectivity index (χ4v) is 5.11. The van der Waals surface area contributed by atoms with Crippen molar-refractivity contribution >= 4 is 52.5 Å². The third-order valence-corrected chi connectivity index (χ3v) is 8.12. The van der Waals surface area contributed by atoms with Crippen LogP contribution < -0.4 is 39.3 Å². The third kappa shape index (κ3) is 10.3. The van der Waals surface area contributed by atoms with Crippen LogP contribution in [0.3, 0.4) is 0 Å². The number of amides is 5. The average molecular weight is 729 g/mol. The van der Waals surface area contributed by atoms with Gasteiger partial charge in [-0.3, -0.25) is 19.3 Å². The Labute approximate surface area is 306 Å². The zero-order chi connectivity index (χ0) is 38.5. The average Bonchev–Trinajstić information content (AvgIpc) is 3.17. The van der Waals surface area contributed by atoms with E-state index < -0.39 is 54.1 Å². The molecule has 4 aromatic carbocycles. The molecule has 15 heteroatoms. The van der Waals surface area contributed by atoms with Crippen LogP contribution in [0.4, 0.5) is 27.5 Å². The van der Waals surface area contributed by atoms with Crippen molar-refractivity contribution in [2.24, 2.45) is 0 Å². The molecule has 4 rings (SSSR count). The Bertz CT molecular complexity index is 1940. The molecule has 0 spiro atoms. The van der Waals surface area contributed by atoms with Crippen LogP contribution in [0.1, 0.15) is 5.56 Å². The van der Waals surface area contributed by atoms with E-state index in [0.717, 1.165) is 4.90 Å². The number of rotatable bonds is 15. The first kappa shape index (κ1) is 39.3.